The molecule has 1 saturated heterocycles. The van der Waals surface area contributed by atoms with Crippen LogP contribution in [0.15, 0.2) is 77.7 Å². The van der Waals surface area contributed by atoms with Gasteiger partial charge in [0.1, 0.15) is 6.61 Å². The molecule has 3 aromatic carbocycles. The van der Waals surface area contributed by atoms with Crippen LogP contribution in [0.5, 0.6) is 0 Å². The van der Waals surface area contributed by atoms with Crippen molar-refractivity contribution >= 4 is 38.6 Å². The monoisotopic (exact) mass is 580 g/mol. The number of ether oxygens (including phenoxy) is 1. The molecule has 10 nitrogen and oxygen atoms in total. The summed E-state index contributed by atoms with van der Waals surface area (Å²) < 4.78 is 32.9. The minimum absolute atomic E-state index is 0.0363. The van der Waals surface area contributed by atoms with Gasteiger partial charge in [-0.25, -0.2) is 17.9 Å². The van der Waals surface area contributed by atoms with Gasteiger partial charge >= 0.3 is 6.09 Å². The number of alkyl carbamates (subject to hydrolysis) is 1. The molecule has 0 bridgehead atoms. The number of hydrogen-bond acceptors (Lipinski definition) is 7. The van der Waals surface area contributed by atoms with Gasteiger partial charge in [-0.1, -0.05) is 60.7 Å². The van der Waals surface area contributed by atoms with Crippen LogP contribution in [-0.2, 0) is 31.0 Å². The van der Waals surface area contributed by atoms with Crippen LogP contribution in [0.4, 0.5) is 4.79 Å². The molecule has 0 aromatic heterocycles. The molecule has 3 aromatic rings. The van der Waals surface area contributed by atoms with Crippen molar-refractivity contribution in [2.75, 3.05) is 39.3 Å². The highest BCUT2D eigenvalue weighted by Crippen LogP contribution is 2.19. The van der Waals surface area contributed by atoms with Crippen LogP contribution in [0.25, 0.3) is 10.8 Å². The van der Waals surface area contributed by atoms with E-state index in [1.807, 2.05) is 59.5 Å². The summed E-state index contributed by atoms with van der Waals surface area (Å²) in [5.74, 6) is -0.408. The Kier molecular flexibility index (Phi) is 10.8. The van der Waals surface area contributed by atoms with Crippen molar-refractivity contribution in [3.63, 3.8) is 0 Å². The van der Waals surface area contributed by atoms with E-state index in [1.165, 1.54) is 6.07 Å². The third-order valence-corrected chi connectivity index (χ3v) is 8.38. The Labute approximate surface area is 240 Å². The molecule has 1 fully saturated rings. The molecule has 0 spiro atoms. The molecular weight excluding hydrogens is 544 g/mol. The highest BCUT2D eigenvalue weighted by atomic mass is 32.2. The molecule has 0 aliphatic carbocycles. The molecular formula is C30H36N4O6S. The number of Topliss-reactive ketones (excluding diaryl/α,β-unsaturated/α-hetero) is 1. The van der Waals surface area contributed by atoms with Crippen LogP contribution in [-0.4, -0.2) is 70.4 Å². The molecule has 1 aliphatic heterocycles. The molecule has 1 aliphatic rings. The maximum Gasteiger partial charge on any atom is 0.407 e. The zero-order chi connectivity index (χ0) is 29.1. The minimum atomic E-state index is -3.81. The molecule has 3 N–H and O–H groups in total. The van der Waals surface area contributed by atoms with Gasteiger partial charge in [0.25, 0.3) is 0 Å². The smallest absolute Gasteiger partial charge is 0.407 e. The number of carbonyl (C=O) groups is 3. The topological polar surface area (TPSA) is 134 Å². The SMILES string of the molecule is O=C(CNS(=O)(=O)c1ccc2ccccc2c1)CN1CCC(C(=O)NCCCNC(=O)OCc2ccccc2)CC1. The summed E-state index contributed by atoms with van der Waals surface area (Å²) in [5.41, 5.74) is 0.909. The van der Waals surface area contributed by atoms with Crippen LogP contribution in [0, 0.1) is 5.92 Å². The maximum atomic E-state index is 12.7. The molecule has 2 amide bonds. The zero-order valence-corrected chi connectivity index (χ0v) is 23.7. The zero-order valence-electron chi connectivity index (χ0n) is 22.9. The van der Waals surface area contributed by atoms with Crippen molar-refractivity contribution in [3.8, 4) is 0 Å². The molecule has 218 valence electrons. The van der Waals surface area contributed by atoms with Crippen molar-refractivity contribution < 1.29 is 27.5 Å². The molecule has 4 rings (SSSR count). The first-order valence-electron chi connectivity index (χ1n) is 13.7. The summed E-state index contributed by atoms with van der Waals surface area (Å²) >= 11 is 0. The normalized spacial score (nSPS) is 14.4. The van der Waals surface area contributed by atoms with E-state index >= 15 is 0 Å². The lowest BCUT2D eigenvalue weighted by atomic mass is 9.95. The van der Waals surface area contributed by atoms with Crippen LogP contribution in [0.3, 0.4) is 0 Å². The van der Waals surface area contributed by atoms with Gasteiger partial charge in [0.05, 0.1) is 18.0 Å². The number of sulfonamides is 1. The van der Waals surface area contributed by atoms with Gasteiger partial charge in [-0.05, 0) is 60.8 Å². The molecule has 0 unspecified atom stereocenters. The van der Waals surface area contributed by atoms with Crippen molar-refractivity contribution in [1.29, 1.82) is 0 Å². The summed E-state index contributed by atoms with van der Waals surface area (Å²) in [6.45, 7) is 2.03. The number of benzene rings is 3. The average Bonchev–Trinajstić information content (AvgIpc) is 2.99. The molecule has 1 heterocycles. The number of amides is 2. The first-order chi connectivity index (χ1) is 19.8. The first-order valence-corrected chi connectivity index (χ1v) is 15.2. The predicted octanol–water partition coefficient (Wildman–Crippen LogP) is 2.83. The van der Waals surface area contributed by atoms with Gasteiger partial charge in [0, 0.05) is 19.0 Å². The lowest BCUT2D eigenvalue weighted by Crippen LogP contribution is -2.44. The molecule has 0 saturated carbocycles. The van der Waals surface area contributed by atoms with E-state index in [0.717, 1.165) is 16.3 Å². The average molecular weight is 581 g/mol. The second-order valence-corrected chi connectivity index (χ2v) is 11.8. The highest BCUT2D eigenvalue weighted by molar-refractivity contribution is 7.89. The van der Waals surface area contributed by atoms with Gasteiger partial charge in [-0.2, -0.15) is 0 Å². The van der Waals surface area contributed by atoms with E-state index in [9.17, 15) is 22.8 Å². The van der Waals surface area contributed by atoms with Gasteiger partial charge in [-0.3, -0.25) is 14.5 Å². The number of fused-ring (bicyclic) bond motifs is 1. The van der Waals surface area contributed by atoms with Crippen molar-refractivity contribution in [3.05, 3.63) is 78.4 Å². The Morgan fingerprint density at radius 3 is 2.29 bits per heavy atom. The lowest BCUT2D eigenvalue weighted by Gasteiger charge is -2.30. The summed E-state index contributed by atoms with van der Waals surface area (Å²) in [4.78, 5) is 38.9. The van der Waals surface area contributed by atoms with Gasteiger partial charge < -0.3 is 15.4 Å². The standard InChI is InChI=1S/C30H36N4O6S/c35-27(20-33-41(38,39)28-12-11-24-9-4-5-10-26(24)19-28)21-34-17-13-25(14-18-34)29(36)31-15-6-16-32-30(37)40-22-23-7-2-1-3-8-23/h1-5,7-12,19,25,33H,6,13-18,20-22H2,(H,31,36)(H,32,37). The van der Waals surface area contributed by atoms with Crippen molar-refractivity contribution in [2.24, 2.45) is 5.92 Å². The highest BCUT2D eigenvalue weighted by Gasteiger charge is 2.26. The first kappa shape index (κ1) is 30.2. The van der Waals surface area contributed by atoms with E-state index < -0.39 is 16.1 Å². The number of hydrogen-bond donors (Lipinski definition) is 3. The summed E-state index contributed by atoms with van der Waals surface area (Å²) in [5, 5.41) is 7.33. The van der Waals surface area contributed by atoms with Crippen LogP contribution < -0.4 is 15.4 Å². The fourth-order valence-corrected chi connectivity index (χ4v) is 5.71. The Hall–Kier alpha value is -3.80. The minimum Gasteiger partial charge on any atom is -0.445 e. The Morgan fingerprint density at radius 1 is 0.854 bits per heavy atom. The van der Waals surface area contributed by atoms with Crippen LogP contribution >= 0.6 is 0 Å². The van der Waals surface area contributed by atoms with E-state index in [-0.39, 0.29) is 42.2 Å². The number of carbonyl (C=O) groups excluding carboxylic acids is 3. The Morgan fingerprint density at radius 2 is 1.54 bits per heavy atom. The summed E-state index contributed by atoms with van der Waals surface area (Å²) in [7, 11) is -3.81. The largest absolute Gasteiger partial charge is 0.445 e. The van der Waals surface area contributed by atoms with E-state index in [4.69, 9.17) is 4.74 Å². The number of nitrogens with zero attached hydrogens (tertiary/aromatic N) is 1. The third kappa shape index (κ3) is 9.38. The van der Waals surface area contributed by atoms with Crippen molar-refractivity contribution in [2.45, 2.75) is 30.8 Å². The number of likely N-dealkylation sites (tertiary alicyclic amines) is 1. The number of rotatable bonds is 13. The van der Waals surface area contributed by atoms with Gasteiger partial charge in [-0.15, -0.1) is 0 Å². The fourth-order valence-electron chi connectivity index (χ4n) is 4.66. The molecule has 0 atom stereocenters. The van der Waals surface area contributed by atoms with E-state index in [0.29, 0.717) is 45.4 Å². The second kappa shape index (κ2) is 14.7. The molecule has 0 radical (unpaired) electrons. The fraction of sp³-hybridized carbons (Fsp3) is 0.367. The maximum absolute atomic E-state index is 12.7. The predicted molar refractivity (Wildman–Crippen MR) is 156 cm³/mol. The molecule has 11 heteroatoms. The lowest BCUT2D eigenvalue weighted by molar-refractivity contribution is -0.126. The molecule has 41 heavy (non-hydrogen) atoms. The Bertz CT molecular complexity index is 1440. The van der Waals surface area contributed by atoms with E-state index in [1.54, 1.807) is 12.1 Å². The van der Waals surface area contributed by atoms with Crippen molar-refractivity contribution in [1.82, 2.24) is 20.3 Å². The van der Waals surface area contributed by atoms with E-state index in [2.05, 4.69) is 15.4 Å². The third-order valence-electron chi connectivity index (χ3n) is 6.98. The van der Waals surface area contributed by atoms with Gasteiger partial charge in [0.2, 0.25) is 15.9 Å². The summed E-state index contributed by atoms with van der Waals surface area (Å²) in [6.07, 6.45) is 1.32. The van der Waals surface area contributed by atoms with Crippen LogP contribution in [0.2, 0.25) is 0 Å². The Balaban J connectivity index is 1.08. The van der Waals surface area contributed by atoms with Gasteiger partial charge in [0.15, 0.2) is 5.78 Å². The second-order valence-electron chi connectivity index (χ2n) is 10.1. The number of ketones is 1. The number of nitrogens with one attached hydrogen (secondary N) is 3. The number of piperidine rings is 1. The summed E-state index contributed by atoms with van der Waals surface area (Å²) in [6, 6.07) is 21.8. The van der Waals surface area contributed by atoms with Crippen LogP contribution in [0.1, 0.15) is 24.8 Å². The quantitative estimate of drug-likeness (QED) is 0.265.